The second kappa shape index (κ2) is 53.6. The Labute approximate surface area is 391 Å². The molecular formula is C48H102CrO9P3. The van der Waals surface area contributed by atoms with Crippen molar-refractivity contribution in [1.82, 2.24) is 0 Å². The van der Waals surface area contributed by atoms with Gasteiger partial charge in [-0.05, 0) is 38.5 Å². The van der Waals surface area contributed by atoms with Gasteiger partial charge in [0, 0.05) is 18.5 Å². The van der Waals surface area contributed by atoms with Crippen LogP contribution in [-0.4, -0.2) is 38.3 Å². The standard InChI is InChI=1S/3C16H35O3P.Cr/c3*1-3-5-7-9-11-13-15-19-20(17,18)16-14-12-10-8-6-4-2;/h3*3-16H2,1-2H3,(H,17,18);/q;;;+3/p-3. The van der Waals surface area contributed by atoms with Gasteiger partial charge in [0.25, 0.3) is 0 Å². The van der Waals surface area contributed by atoms with E-state index in [-0.39, 0.29) is 35.8 Å². The summed E-state index contributed by atoms with van der Waals surface area (Å²) in [5.41, 5.74) is 0. The number of unbranched alkanes of at least 4 members (excludes halogenated alkanes) is 30. The van der Waals surface area contributed by atoms with Crippen LogP contribution >= 0.6 is 22.8 Å². The normalized spacial score (nSPS) is 14.1. The third kappa shape index (κ3) is 63.1. The molecule has 9 nitrogen and oxygen atoms in total. The summed E-state index contributed by atoms with van der Waals surface area (Å²) in [5, 5.41) is 0. The molecule has 0 fully saturated rings. The minimum absolute atomic E-state index is 0. The van der Waals surface area contributed by atoms with E-state index in [2.05, 4.69) is 41.5 Å². The fourth-order valence-electron chi connectivity index (χ4n) is 6.71. The van der Waals surface area contributed by atoms with Crippen molar-refractivity contribution < 1.29 is 59.3 Å². The minimum atomic E-state index is -3.56. The van der Waals surface area contributed by atoms with Crippen molar-refractivity contribution in [1.29, 1.82) is 0 Å². The summed E-state index contributed by atoms with van der Waals surface area (Å²) in [7, 11) is -10.7. The van der Waals surface area contributed by atoms with E-state index in [0.29, 0.717) is 19.8 Å². The molecule has 0 rings (SSSR count). The van der Waals surface area contributed by atoms with E-state index in [1.54, 1.807) is 0 Å². The predicted molar refractivity (Wildman–Crippen MR) is 256 cm³/mol. The van der Waals surface area contributed by atoms with Gasteiger partial charge >= 0.3 is 17.4 Å². The maximum atomic E-state index is 11.7. The molecular weight excluding hydrogens is 865 g/mol. The molecule has 0 N–H and O–H groups in total. The van der Waals surface area contributed by atoms with Gasteiger partial charge in [-0.15, -0.1) is 0 Å². The van der Waals surface area contributed by atoms with Gasteiger partial charge in [-0.1, -0.05) is 234 Å². The molecule has 0 spiro atoms. The fourth-order valence-corrected chi connectivity index (χ4v) is 10.2. The average Bonchev–Trinajstić information content (AvgIpc) is 3.21. The summed E-state index contributed by atoms with van der Waals surface area (Å²) < 4.78 is 50.2. The molecule has 0 bridgehead atoms. The van der Waals surface area contributed by atoms with Crippen LogP contribution in [0, 0.1) is 0 Å². The molecule has 61 heavy (non-hydrogen) atoms. The van der Waals surface area contributed by atoms with Crippen LogP contribution in [0.25, 0.3) is 0 Å². The van der Waals surface area contributed by atoms with Crippen LogP contribution in [0.15, 0.2) is 0 Å². The van der Waals surface area contributed by atoms with Gasteiger partial charge < -0.3 is 41.9 Å². The van der Waals surface area contributed by atoms with Crippen LogP contribution in [0.2, 0.25) is 0 Å². The fraction of sp³-hybridized carbons (Fsp3) is 1.00. The Morgan fingerprint density at radius 2 is 0.410 bits per heavy atom. The Morgan fingerprint density at radius 3 is 0.590 bits per heavy atom. The minimum Gasteiger partial charge on any atom is -0.778 e. The Bertz CT molecular complexity index is 858. The number of hydrogen-bond donors (Lipinski definition) is 0. The van der Waals surface area contributed by atoms with Crippen molar-refractivity contribution in [3.63, 3.8) is 0 Å². The molecule has 0 aromatic carbocycles. The summed E-state index contributed by atoms with van der Waals surface area (Å²) in [5.74, 6) is 0. The van der Waals surface area contributed by atoms with Crippen LogP contribution in [0.5, 0.6) is 0 Å². The molecule has 0 aliphatic rings. The first-order valence-electron chi connectivity index (χ1n) is 25.7. The number of rotatable bonds is 45. The quantitative estimate of drug-likeness (QED) is 0.0429. The molecule has 0 aromatic heterocycles. The zero-order valence-corrected chi connectivity index (χ0v) is 45.1. The Balaban J connectivity index is -0.000000396. The van der Waals surface area contributed by atoms with E-state index in [0.717, 1.165) is 96.3 Å². The first-order valence-corrected chi connectivity index (χ1v) is 30.9. The molecule has 0 aliphatic heterocycles. The molecule has 0 heterocycles. The SMILES string of the molecule is CCCCCCCCOP(=O)([O-])CCCCCCCC.CCCCCCCCOP(=O)([O-])CCCCCCCC.CCCCCCCCOP(=O)([O-])CCCCCCCC.[Cr+3]. The van der Waals surface area contributed by atoms with Gasteiger partial charge in [0.1, 0.15) is 22.8 Å². The summed E-state index contributed by atoms with van der Waals surface area (Å²) in [4.78, 5) is 35.0. The van der Waals surface area contributed by atoms with Crippen LogP contribution in [0.3, 0.4) is 0 Å². The first-order chi connectivity index (χ1) is 28.9. The van der Waals surface area contributed by atoms with E-state index in [1.807, 2.05) is 0 Å². The number of hydrogen-bond acceptors (Lipinski definition) is 9. The van der Waals surface area contributed by atoms with Gasteiger partial charge in [-0.3, -0.25) is 0 Å². The van der Waals surface area contributed by atoms with Crippen molar-refractivity contribution in [2.75, 3.05) is 38.3 Å². The third-order valence-electron chi connectivity index (χ3n) is 10.7. The molecule has 0 aliphatic carbocycles. The average molecular weight is 968 g/mol. The van der Waals surface area contributed by atoms with Crippen LogP contribution in [0.1, 0.15) is 273 Å². The van der Waals surface area contributed by atoms with E-state index in [4.69, 9.17) is 13.6 Å². The maximum Gasteiger partial charge on any atom is 3.00 e. The van der Waals surface area contributed by atoms with Crippen molar-refractivity contribution in [2.24, 2.45) is 0 Å². The summed E-state index contributed by atoms with van der Waals surface area (Å²) in [6.45, 7) is 14.3. The molecule has 0 saturated carbocycles. The van der Waals surface area contributed by atoms with Crippen molar-refractivity contribution in [3.05, 3.63) is 0 Å². The maximum absolute atomic E-state index is 11.7. The zero-order chi connectivity index (χ0) is 45.3. The van der Waals surface area contributed by atoms with Crippen molar-refractivity contribution in [3.8, 4) is 0 Å². The molecule has 3 atom stereocenters. The molecule has 0 aromatic rings. The van der Waals surface area contributed by atoms with Gasteiger partial charge in [-0.25, -0.2) is 0 Å². The van der Waals surface area contributed by atoms with Crippen molar-refractivity contribution >= 4 is 22.8 Å². The Morgan fingerprint density at radius 1 is 0.262 bits per heavy atom. The molecule has 0 saturated heterocycles. The molecule has 13 heteroatoms. The largest absolute Gasteiger partial charge is 3.00 e. The summed E-state index contributed by atoms with van der Waals surface area (Å²) in [6, 6.07) is 0. The van der Waals surface area contributed by atoms with E-state index in [9.17, 15) is 28.4 Å². The second-order valence-electron chi connectivity index (χ2n) is 17.1. The van der Waals surface area contributed by atoms with Crippen LogP contribution in [0.4, 0.5) is 0 Å². The summed E-state index contributed by atoms with van der Waals surface area (Å²) in [6.07, 6.45) is 41.2. The Kier molecular flexibility index (Phi) is 60.2. The van der Waals surface area contributed by atoms with Crippen LogP contribution in [-0.2, 0) is 44.6 Å². The molecule has 1 radical (unpaired) electrons. The monoisotopic (exact) mass is 968 g/mol. The van der Waals surface area contributed by atoms with Crippen LogP contribution < -0.4 is 14.7 Å². The first kappa shape index (κ1) is 68.6. The van der Waals surface area contributed by atoms with Crippen molar-refractivity contribution in [2.45, 2.75) is 273 Å². The van der Waals surface area contributed by atoms with Gasteiger partial charge in [0.15, 0.2) is 0 Å². The summed E-state index contributed by atoms with van der Waals surface area (Å²) >= 11 is 0. The van der Waals surface area contributed by atoms with E-state index >= 15 is 0 Å². The Hall–Kier alpha value is 0.982. The molecule has 369 valence electrons. The van der Waals surface area contributed by atoms with Gasteiger partial charge in [0.2, 0.25) is 0 Å². The molecule has 0 amide bonds. The second-order valence-corrected chi connectivity index (χ2v) is 22.9. The molecule has 3 unspecified atom stereocenters. The smallest absolute Gasteiger partial charge is 0.778 e. The predicted octanol–water partition coefficient (Wildman–Crippen LogP) is 15.8. The van der Waals surface area contributed by atoms with E-state index < -0.39 is 22.8 Å². The third-order valence-corrected chi connectivity index (χ3v) is 15.0. The topological polar surface area (TPSA) is 148 Å². The van der Waals surface area contributed by atoms with Gasteiger partial charge in [0.05, 0.1) is 19.8 Å². The zero-order valence-electron chi connectivity index (χ0n) is 41.1. The van der Waals surface area contributed by atoms with E-state index in [1.165, 1.54) is 135 Å². The van der Waals surface area contributed by atoms with Gasteiger partial charge in [-0.2, -0.15) is 0 Å².